The molecule has 1 saturated heterocycles. The Morgan fingerprint density at radius 1 is 1.18 bits per heavy atom. The van der Waals surface area contributed by atoms with Gasteiger partial charge in [0.1, 0.15) is 12.1 Å². The van der Waals surface area contributed by atoms with Crippen LogP contribution in [0.1, 0.15) is 43.7 Å². The molecule has 0 spiro atoms. The van der Waals surface area contributed by atoms with Crippen molar-refractivity contribution in [3.05, 3.63) is 18.1 Å². The zero-order valence-electron chi connectivity index (χ0n) is 10.2. The first kappa shape index (κ1) is 11.0. The van der Waals surface area contributed by atoms with Crippen molar-refractivity contribution in [3.63, 3.8) is 0 Å². The topological polar surface area (TPSA) is 55.0 Å². The first-order chi connectivity index (χ1) is 8.33. The first-order valence-corrected chi connectivity index (χ1v) is 6.65. The Kier molecular flexibility index (Phi) is 2.97. The number of rotatable bonds is 2. The van der Waals surface area contributed by atoms with Crippen molar-refractivity contribution in [2.75, 3.05) is 18.0 Å². The molecule has 2 heterocycles. The molecule has 1 aliphatic carbocycles. The van der Waals surface area contributed by atoms with Gasteiger partial charge in [0.25, 0.3) is 0 Å². The highest BCUT2D eigenvalue weighted by atomic mass is 15.2. The van der Waals surface area contributed by atoms with E-state index < -0.39 is 0 Å². The molecule has 4 nitrogen and oxygen atoms in total. The van der Waals surface area contributed by atoms with Crippen LogP contribution < -0.4 is 10.6 Å². The van der Waals surface area contributed by atoms with Gasteiger partial charge in [0, 0.05) is 36.8 Å². The predicted octanol–water partition coefficient (Wildman–Crippen LogP) is 1.67. The van der Waals surface area contributed by atoms with E-state index in [-0.39, 0.29) is 0 Å². The molecule has 1 saturated carbocycles. The maximum absolute atomic E-state index is 5.94. The second-order valence-corrected chi connectivity index (χ2v) is 5.28. The van der Waals surface area contributed by atoms with Gasteiger partial charge >= 0.3 is 0 Å². The Morgan fingerprint density at radius 2 is 2.00 bits per heavy atom. The van der Waals surface area contributed by atoms with Crippen molar-refractivity contribution >= 4 is 5.82 Å². The maximum atomic E-state index is 5.94. The summed E-state index contributed by atoms with van der Waals surface area (Å²) in [5.74, 6) is 1.72. The van der Waals surface area contributed by atoms with Gasteiger partial charge in [0.2, 0.25) is 0 Å². The minimum absolute atomic E-state index is 0.305. The van der Waals surface area contributed by atoms with Crippen LogP contribution >= 0.6 is 0 Å². The predicted molar refractivity (Wildman–Crippen MR) is 68.0 cm³/mol. The number of nitrogens with zero attached hydrogens (tertiary/aromatic N) is 3. The number of aromatic nitrogens is 2. The van der Waals surface area contributed by atoms with Gasteiger partial charge in [-0.1, -0.05) is 12.8 Å². The fourth-order valence-electron chi connectivity index (χ4n) is 2.97. The van der Waals surface area contributed by atoms with E-state index in [2.05, 4.69) is 20.9 Å². The van der Waals surface area contributed by atoms with Crippen molar-refractivity contribution in [1.29, 1.82) is 0 Å². The third-order valence-corrected chi connectivity index (χ3v) is 4.00. The van der Waals surface area contributed by atoms with Crippen molar-refractivity contribution in [1.82, 2.24) is 9.97 Å². The normalized spacial score (nSPS) is 25.7. The monoisotopic (exact) mass is 232 g/mol. The van der Waals surface area contributed by atoms with Gasteiger partial charge in [0.05, 0.1) is 0 Å². The molecule has 1 aromatic rings. The van der Waals surface area contributed by atoms with E-state index in [9.17, 15) is 0 Å². The van der Waals surface area contributed by atoms with Crippen LogP contribution in [0.5, 0.6) is 0 Å². The summed E-state index contributed by atoms with van der Waals surface area (Å²) in [4.78, 5) is 11.1. The second-order valence-electron chi connectivity index (χ2n) is 5.28. The zero-order valence-corrected chi connectivity index (χ0v) is 10.2. The molecule has 4 heteroatoms. The van der Waals surface area contributed by atoms with Gasteiger partial charge in [-0.05, 0) is 19.3 Å². The van der Waals surface area contributed by atoms with Gasteiger partial charge in [-0.25, -0.2) is 9.97 Å². The molecular formula is C13H20N4. The van der Waals surface area contributed by atoms with E-state index in [0.717, 1.165) is 25.3 Å². The highest BCUT2D eigenvalue weighted by Gasteiger charge is 2.23. The van der Waals surface area contributed by atoms with E-state index in [4.69, 9.17) is 5.73 Å². The van der Waals surface area contributed by atoms with E-state index >= 15 is 0 Å². The largest absolute Gasteiger partial charge is 0.355 e. The standard InChI is InChI=1S/C13H20N4/c14-11-5-6-17(8-11)13-7-12(15-9-16-13)10-3-1-2-4-10/h7,9-11H,1-6,8,14H2. The summed E-state index contributed by atoms with van der Waals surface area (Å²) in [5.41, 5.74) is 7.17. The summed E-state index contributed by atoms with van der Waals surface area (Å²) < 4.78 is 0. The molecule has 2 N–H and O–H groups in total. The quantitative estimate of drug-likeness (QED) is 0.842. The van der Waals surface area contributed by atoms with Crippen LogP contribution in [-0.4, -0.2) is 29.1 Å². The molecule has 17 heavy (non-hydrogen) atoms. The Hall–Kier alpha value is -1.16. The average Bonchev–Trinajstić information content (AvgIpc) is 3.00. The fourth-order valence-corrected chi connectivity index (χ4v) is 2.97. The fraction of sp³-hybridized carbons (Fsp3) is 0.692. The minimum Gasteiger partial charge on any atom is -0.355 e. The Balaban J connectivity index is 1.78. The van der Waals surface area contributed by atoms with E-state index in [1.165, 1.54) is 31.4 Å². The lowest BCUT2D eigenvalue weighted by molar-refractivity contribution is 0.692. The Bertz CT molecular complexity index is 387. The van der Waals surface area contributed by atoms with Gasteiger partial charge in [-0.15, -0.1) is 0 Å². The van der Waals surface area contributed by atoms with Crippen LogP contribution in [0, 0.1) is 0 Å². The summed E-state index contributed by atoms with van der Waals surface area (Å²) >= 11 is 0. The molecule has 2 fully saturated rings. The number of anilines is 1. The number of hydrogen-bond donors (Lipinski definition) is 1. The third kappa shape index (κ3) is 2.27. The summed E-state index contributed by atoms with van der Waals surface area (Å²) in [6, 6.07) is 2.48. The molecule has 1 aromatic heterocycles. The summed E-state index contributed by atoms with van der Waals surface area (Å²) in [6.45, 7) is 1.96. The molecule has 0 bridgehead atoms. The molecule has 2 aliphatic rings. The van der Waals surface area contributed by atoms with Gasteiger partial charge in [0.15, 0.2) is 0 Å². The second kappa shape index (κ2) is 4.61. The van der Waals surface area contributed by atoms with E-state index in [1.807, 2.05) is 0 Å². The molecule has 0 amide bonds. The molecule has 92 valence electrons. The van der Waals surface area contributed by atoms with Crippen LogP contribution in [0.4, 0.5) is 5.82 Å². The van der Waals surface area contributed by atoms with E-state index in [1.54, 1.807) is 6.33 Å². The van der Waals surface area contributed by atoms with Crippen molar-refractivity contribution in [2.24, 2.45) is 5.73 Å². The van der Waals surface area contributed by atoms with Gasteiger partial charge in [-0.3, -0.25) is 0 Å². The van der Waals surface area contributed by atoms with E-state index in [0.29, 0.717) is 12.0 Å². The molecule has 1 aliphatic heterocycles. The number of nitrogens with two attached hydrogens (primary N) is 1. The smallest absolute Gasteiger partial charge is 0.132 e. The molecule has 1 unspecified atom stereocenters. The average molecular weight is 232 g/mol. The molecule has 1 atom stereocenters. The van der Waals surface area contributed by atoms with Gasteiger partial charge in [-0.2, -0.15) is 0 Å². The van der Waals surface area contributed by atoms with Crippen LogP contribution in [-0.2, 0) is 0 Å². The maximum Gasteiger partial charge on any atom is 0.132 e. The van der Waals surface area contributed by atoms with Crippen molar-refractivity contribution < 1.29 is 0 Å². The third-order valence-electron chi connectivity index (χ3n) is 4.00. The Morgan fingerprint density at radius 3 is 2.71 bits per heavy atom. The molecule has 0 aromatic carbocycles. The van der Waals surface area contributed by atoms with Crippen LogP contribution in [0.15, 0.2) is 12.4 Å². The highest BCUT2D eigenvalue weighted by Crippen LogP contribution is 2.33. The lowest BCUT2D eigenvalue weighted by atomic mass is 10.0. The van der Waals surface area contributed by atoms with Crippen LogP contribution in [0.3, 0.4) is 0 Å². The first-order valence-electron chi connectivity index (χ1n) is 6.65. The van der Waals surface area contributed by atoms with Gasteiger partial charge < -0.3 is 10.6 Å². The molecular weight excluding hydrogens is 212 g/mol. The lowest BCUT2D eigenvalue weighted by Gasteiger charge is -2.18. The van der Waals surface area contributed by atoms with Crippen LogP contribution in [0.25, 0.3) is 0 Å². The van der Waals surface area contributed by atoms with Crippen LogP contribution in [0.2, 0.25) is 0 Å². The number of hydrogen-bond acceptors (Lipinski definition) is 4. The lowest BCUT2D eigenvalue weighted by Crippen LogP contribution is -2.27. The zero-order chi connectivity index (χ0) is 11.7. The summed E-state index contributed by atoms with van der Waals surface area (Å²) in [6.07, 6.45) is 8.05. The molecule has 0 radical (unpaired) electrons. The summed E-state index contributed by atoms with van der Waals surface area (Å²) in [5, 5.41) is 0. The van der Waals surface area contributed by atoms with Crippen molar-refractivity contribution in [2.45, 2.75) is 44.1 Å². The highest BCUT2D eigenvalue weighted by molar-refractivity contribution is 5.41. The SMILES string of the molecule is NC1CCN(c2cc(C3CCCC3)ncn2)C1. The van der Waals surface area contributed by atoms with Crippen molar-refractivity contribution in [3.8, 4) is 0 Å². The summed E-state index contributed by atoms with van der Waals surface area (Å²) in [7, 11) is 0. The Labute approximate surface area is 102 Å². The molecule has 3 rings (SSSR count). The minimum atomic E-state index is 0.305.